The van der Waals surface area contributed by atoms with Crippen molar-refractivity contribution < 1.29 is 4.39 Å². The summed E-state index contributed by atoms with van der Waals surface area (Å²) in [6.07, 6.45) is 0. The van der Waals surface area contributed by atoms with E-state index in [1.807, 2.05) is 12.1 Å². The molecule has 0 bridgehead atoms. The van der Waals surface area contributed by atoms with Crippen molar-refractivity contribution in [2.24, 2.45) is 0 Å². The lowest BCUT2D eigenvalue weighted by molar-refractivity contribution is 0.632. The molecule has 0 aliphatic rings. The van der Waals surface area contributed by atoms with Gasteiger partial charge >= 0.3 is 0 Å². The Hall–Kier alpha value is -1.65. The van der Waals surface area contributed by atoms with Gasteiger partial charge in [0.05, 0.1) is 15.8 Å². The molecule has 0 fully saturated rings. The number of aromatic nitrogens is 1. The first-order valence-electron chi connectivity index (χ1n) is 5.25. The molecule has 0 spiro atoms. The molecule has 18 heavy (non-hydrogen) atoms. The van der Waals surface area contributed by atoms with Crippen molar-refractivity contribution in [3.05, 3.63) is 47.2 Å². The summed E-state index contributed by atoms with van der Waals surface area (Å²) in [5, 5.41) is 1.21. The number of halogens is 2. The van der Waals surface area contributed by atoms with Crippen LogP contribution in [-0.4, -0.2) is 4.98 Å². The summed E-state index contributed by atoms with van der Waals surface area (Å²) in [5.74, 6) is -0.361. The summed E-state index contributed by atoms with van der Waals surface area (Å²) in [6.45, 7) is 0. The van der Waals surface area contributed by atoms with Gasteiger partial charge in [-0.05, 0) is 30.3 Å². The number of nitrogens with zero attached hydrogens (tertiary/aromatic N) is 1. The van der Waals surface area contributed by atoms with Gasteiger partial charge in [0.1, 0.15) is 10.8 Å². The van der Waals surface area contributed by atoms with Gasteiger partial charge in [-0.25, -0.2) is 9.37 Å². The smallest absolute Gasteiger partial charge is 0.135 e. The molecule has 0 saturated carbocycles. The zero-order valence-electron chi connectivity index (χ0n) is 9.15. The number of nitrogen functional groups attached to an aromatic ring is 1. The maximum Gasteiger partial charge on any atom is 0.135 e. The molecular weight excluding hydrogens is 271 g/mol. The van der Waals surface area contributed by atoms with Crippen LogP contribution in [0.1, 0.15) is 0 Å². The number of hydrogen-bond donors (Lipinski definition) is 1. The van der Waals surface area contributed by atoms with Gasteiger partial charge in [-0.2, -0.15) is 0 Å². The highest BCUT2D eigenvalue weighted by molar-refractivity contribution is 7.21. The summed E-state index contributed by atoms with van der Waals surface area (Å²) in [7, 11) is 0. The van der Waals surface area contributed by atoms with Gasteiger partial charge in [0.25, 0.3) is 0 Å². The highest BCUT2D eigenvalue weighted by Crippen LogP contribution is 2.35. The molecule has 2 nitrogen and oxygen atoms in total. The minimum Gasteiger partial charge on any atom is -0.398 e. The van der Waals surface area contributed by atoms with Crippen LogP contribution in [0.5, 0.6) is 0 Å². The number of benzene rings is 2. The predicted octanol–water partition coefficient (Wildman–Crippen LogP) is 4.34. The molecule has 3 aromatic rings. The second kappa shape index (κ2) is 4.23. The van der Waals surface area contributed by atoms with Crippen molar-refractivity contribution in [3.63, 3.8) is 0 Å². The third-order valence-electron chi connectivity index (χ3n) is 2.61. The molecule has 0 atom stereocenters. The molecule has 0 aliphatic carbocycles. The Morgan fingerprint density at radius 3 is 2.83 bits per heavy atom. The fourth-order valence-electron chi connectivity index (χ4n) is 1.77. The molecule has 3 rings (SSSR count). The van der Waals surface area contributed by atoms with E-state index in [0.29, 0.717) is 21.3 Å². The summed E-state index contributed by atoms with van der Waals surface area (Å²) >= 11 is 7.29. The Bertz CT molecular complexity index is 719. The largest absolute Gasteiger partial charge is 0.398 e. The highest BCUT2D eigenvalue weighted by atomic mass is 35.5. The van der Waals surface area contributed by atoms with Crippen LogP contribution in [0.3, 0.4) is 0 Å². The Morgan fingerprint density at radius 1 is 1.22 bits per heavy atom. The third-order valence-corrected chi connectivity index (χ3v) is 3.88. The highest BCUT2D eigenvalue weighted by Gasteiger charge is 2.13. The van der Waals surface area contributed by atoms with E-state index in [2.05, 4.69) is 4.98 Å². The van der Waals surface area contributed by atoms with Crippen LogP contribution >= 0.6 is 22.9 Å². The fourth-order valence-corrected chi connectivity index (χ4v) is 3.08. The summed E-state index contributed by atoms with van der Waals surface area (Å²) in [4.78, 5) is 4.39. The predicted molar refractivity (Wildman–Crippen MR) is 74.4 cm³/mol. The van der Waals surface area contributed by atoms with Crippen LogP contribution in [0.2, 0.25) is 5.02 Å². The van der Waals surface area contributed by atoms with E-state index in [4.69, 9.17) is 17.3 Å². The number of anilines is 1. The van der Waals surface area contributed by atoms with Gasteiger partial charge in [-0.3, -0.25) is 0 Å². The molecular formula is C13H8ClFN2S. The average molecular weight is 279 g/mol. The Kier molecular flexibility index (Phi) is 2.69. The Morgan fingerprint density at radius 2 is 2.06 bits per heavy atom. The molecule has 2 N–H and O–H groups in total. The number of fused-ring (bicyclic) bond motifs is 1. The van der Waals surface area contributed by atoms with Crippen LogP contribution in [-0.2, 0) is 0 Å². The summed E-state index contributed by atoms with van der Waals surface area (Å²) in [5.41, 5.74) is 7.34. The molecule has 0 aliphatic heterocycles. The first-order valence-corrected chi connectivity index (χ1v) is 6.45. The van der Waals surface area contributed by atoms with Gasteiger partial charge in [-0.15, -0.1) is 11.3 Å². The summed E-state index contributed by atoms with van der Waals surface area (Å²) < 4.78 is 14.7. The van der Waals surface area contributed by atoms with Crippen LogP contribution in [0.15, 0.2) is 36.4 Å². The van der Waals surface area contributed by atoms with Crippen LogP contribution in [0, 0.1) is 5.82 Å². The van der Waals surface area contributed by atoms with Crippen LogP contribution < -0.4 is 5.73 Å². The van der Waals surface area contributed by atoms with Crippen molar-refractivity contribution in [1.29, 1.82) is 0 Å². The first-order chi connectivity index (χ1) is 8.65. The van der Waals surface area contributed by atoms with Crippen molar-refractivity contribution >= 4 is 38.8 Å². The Balaban J connectivity index is 2.26. The number of hydrogen-bond acceptors (Lipinski definition) is 3. The van der Waals surface area contributed by atoms with E-state index in [1.165, 1.54) is 17.4 Å². The second-order valence-corrected chi connectivity index (χ2v) is 5.30. The summed E-state index contributed by atoms with van der Waals surface area (Å²) in [6, 6.07) is 10.0. The minimum atomic E-state index is -0.361. The van der Waals surface area contributed by atoms with Gasteiger partial charge in [-0.1, -0.05) is 17.7 Å². The maximum absolute atomic E-state index is 13.8. The van der Waals surface area contributed by atoms with Crippen LogP contribution in [0.4, 0.5) is 10.1 Å². The maximum atomic E-state index is 13.8. The zero-order chi connectivity index (χ0) is 12.7. The number of nitrogens with two attached hydrogens (primary N) is 1. The minimum absolute atomic E-state index is 0.356. The lowest BCUT2D eigenvalue weighted by Gasteiger charge is -2.02. The molecule has 5 heteroatoms. The lowest BCUT2D eigenvalue weighted by atomic mass is 10.2. The fraction of sp³-hybridized carbons (Fsp3) is 0. The van der Waals surface area contributed by atoms with Crippen molar-refractivity contribution in [2.45, 2.75) is 0 Å². The normalized spacial score (nSPS) is 11.0. The van der Waals surface area contributed by atoms with E-state index >= 15 is 0 Å². The lowest BCUT2D eigenvalue weighted by Crippen LogP contribution is -1.92. The van der Waals surface area contributed by atoms with Crippen LogP contribution in [0.25, 0.3) is 20.8 Å². The molecule has 0 radical (unpaired) electrons. The van der Waals surface area contributed by atoms with E-state index < -0.39 is 0 Å². The SMILES string of the molecule is Nc1cccc(F)c1-c1nc2ccc(Cl)cc2s1. The monoisotopic (exact) mass is 278 g/mol. The molecule has 90 valence electrons. The Labute approximate surface area is 112 Å². The van der Waals surface area contributed by atoms with Crippen molar-refractivity contribution in [2.75, 3.05) is 5.73 Å². The molecule has 1 heterocycles. The second-order valence-electron chi connectivity index (χ2n) is 3.84. The molecule has 2 aromatic carbocycles. The third kappa shape index (κ3) is 1.83. The van der Waals surface area contributed by atoms with E-state index in [1.54, 1.807) is 18.2 Å². The molecule has 0 amide bonds. The van der Waals surface area contributed by atoms with E-state index in [0.717, 1.165) is 10.2 Å². The van der Waals surface area contributed by atoms with Gasteiger partial charge < -0.3 is 5.73 Å². The first kappa shape index (κ1) is 11.4. The van der Waals surface area contributed by atoms with Gasteiger partial charge in [0, 0.05) is 10.7 Å². The molecule has 0 saturated heterocycles. The number of rotatable bonds is 1. The molecule has 0 unspecified atom stereocenters. The topological polar surface area (TPSA) is 38.9 Å². The number of thiazole rings is 1. The van der Waals surface area contributed by atoms with E-state index in [-0.39, 0.29) is 5.82 Å². The quantitative estimate of drug-likeness (QED) is 0.673. The van der Waals surface area contributed by atoms with Gasteiger partial charge in [0.2, 0.25) is 0 Å². The van der Waals surface area contributed by atoms with Crippen molar-refractivity contribution in [3.8, 4) is 10.6 Å². The standard InChI is InChI=1S/C13H8ClFN2S/c14-7-4-5-10-11(6-7)18-13(17-10)12-8(15)2-1-3-9(12)16/h1-6H,16H2. The average Bonchev–Trinajstić information content (AvgIpc) is 2.71. The van der Waals surface area contributed by atoms with Gasteiger partial charge in [0.15, 0.2) is 0 Å². The molecule has 1 aromatic heterocycles. The van der Waals surface area contributed by atoms with E-state index in [9.17, 15) is 4.39 Å². The van der Waals surface area contributed by atoms with Crippen molar-refractivity contribution in [1.82, 2.24) is 4.98 Å². The zero-order valence-corrected chi connectivity index (χ0v) is 10.7.